The molecular weight excluding hydrogens is 370 g/mol. The molecule has 1 fully saturated rings. The summed E-state index contributed by atoms with van der Waals surface area (Å²) in [5.41, 5.74) is 1.96. The third-order valence-electron chi connectivity index (χ3n) is 5.11. The van der Waals surface area contributed by atoms with Gasteiger partial charge in [-0.2, -0.15) is 4.98 Å². The average molecular weight is 399 g/mol. The highest BCUT2D eigenvalue weighted by Gasteiger charge is 2.28. The number of aliphatic carboxylic acids is 1. The predicted molar refractivity (Wildman–Crippen MR) is 107 cm³/mol. The first-order chi connectivity index (χ1) is 13.7. The number of hydrogen-bond acceptors (Lipinski definition) is 5. The van der Waals surface area contributed by atoms with Crippen LogP contribution >= 0.6 is 0 Å². The number of benzene rings is 1. The molecule has 29 heavy (non-hydrogen) atoms. The van der Waals surface area contributed by atoms with Gasteiger partial charge in [0.15, 0.2) is 5.82 Å². The zero-order valence-electron chi connectivity index (χ0n) is 17.3. The molecule has 156 valence electrons. The van der Waals surface area contributed by atoms with E-state index in [-0.39, 0.29) is 24.2 Å². The number of rotatable bonds is 9. The molecule has 0 saturated heterocycles. The topological polar surface area (TPSA) is 105 Å². The fraction of sp³-hybridized carbons (Fsp3) is 0.545. The molecule has 2 N–H and O–H groups in total. The lowest BCUT2D eigenvalue weighted by molar-refractivity contribution is -0.137. The van der Waals surface area contributed by atoms with Crippen LogP contribution < -0.4 is 5.32 Å². The molecule has 1 atom stereocenters. The summed E-state index contributed by atoms with van der Waals surface area (Å²) in [5, 5.41) is 16.1. The molecule has 3 rings (SSSR count). The van der Waals surface area contributed by atoms with Crippen LogP contribution in [0.5, 0.6) is 0 Å². The largest absolute Gasteiger partial charge is 0.481 e. The van der Waals surface area contributed by atoms with Gasteiger partial charge in [-0.25, -0.2) is 0 Å². The van der Waals surface area contributed by atoms with Crippen LogP contribution in [-0.2, 0) is 21.4 Å². The summed E-state index contributed by atoms with van der Waals surface area (Å²) in [5.74, 6) is 0.633. The number of aromatic nitrogens is 2. The van der Waals surface area contributed by atoms with Crippen LogP contribution in [0.15, 0.2) is 28.8 Å². The van der Waals surface area contributed by atoms with Crippen LogP contribution in [-0.4, -0.2) is 27.1 Å². The Kier molecular flexibility index (Phi) is 6.35. The second-order valence-electron chi connectivity index (χ2n) is 8.76. The van der Waals surface area contributed by atoms with Crippen LogP contribution in [0, 0.1) is 0 Å². The van der Waals surface area contributed by atoms with Gasteiger partial charge in [-0.05, 0) is 35.8 Å². The number of carbonyl (C=O) groups excluding carboxylic acids is 1. The first-order valence-corrected chi connectivity index (χ1v) is 10.2. The number of hydrogen-bond donors (Lipinski definition) is 2. The van der Waals surface area contributed by atoms with Crippen LogP contribution in [0.2, 0.25) is 0 Å². The molecule has 1 aliphatic rings. The van der Waals surface area contributed by atoms with Gasteiger partial charge in [0.1, 0.15) is 0 Å². The summed E-state index contributed by atoms with van der Waals surface area (Å²) in [7, 11) is 0. The molecule has 1 heterocycles. The molecule has 0 bridgehead atoms. The van der Waals surface area contributed by atoms with Gasteiger partial charge in [-0.15, -0.1) is 0 Å². The summed E-state index contributed by atoms with van der Waals surface area (Å²) in [6, 6.07) is 7.21. The number of nitrogens with zero attached hydrogens (tertiary/aromatic N) is 2. The van der Waals surface area contributed by atoms with Crippen molar-refractivity contribution in [2.45, 2.75) is 76.7 Å². The van der Waals surface area contributed by atoms with Gasteiger partial charge in [-0.1, -0.05) is 50.2 Å². The van der Waals surface area contributed by atoms with Crippen molar-refractivity contribution in [1.29, 1.82) is 0 Å². The van der Waals surface area contributed by atoms with Crippen LogP contribution in [0.1, 0.15) is 87.7 Å². The predicted octanol–water partition coefficient (Wildman–Crippen LogP) is 3.90. The van der Waals surface area contributed by atoms with Gasteiger partial charge in [0.05, 0.1) is 12.5 Å². The van der Waals surface area contributed by atoms with E-state index in [0.29, 0.717) is 24.7 Å². The Balaban J connectivity index is 1.54. The van der Waals surface area contributed by atoms with Crippen molar-refractivity contribution in [3.05, 3.63) is 47.1 Å². The van der Waals surface area contributed by atoms with E-state index in [4.69, 9.17) is 4.52 Å². The Morgan fingerprint density at radius 3 is 2.52 bits per heavy atom. The maximum Gasteiger partial charge on any atom is 0.305 e. The van der Waals surface area contributed by atoms with E-state index in [1.807, 2.05) is 24.3 Å². The van der Waals surface area contributed by atoms with Crippen molar-refractivity contribution < 1.29 is 19.2 Å². The molecule has 1 amide bonds. The lowest BCUT2D eigenvalue weighted by atomic mass is 9.86. The van der Waals surface area contributed by atoms with Gasteiger partial charge in [0.2, 0.25) is 11.8 Å². The lowest BCUT2D eigenvalue weighted by Crippen LogP contribution is -2.30. The van der Waals surface area contributed by atoms with Gasteiger partial charge >= 0.3 is 5.97 Å². The summed E-state index contributed by atoms with van der Waals surface area (Å²) >= 11 is 0. The fourth-order valence-corrected chi connectivity index (χ4v) is 3.19. The molecule has 1 aromatic carbocycles. The third kappa shape index (κ3) is 6.14. The molecule has 1 aliphatic carbocycles. The minimum atomic E-state index is -0.950. The fourth-order valence-electron chi connectivity index (χ4n) is 3.19. The van der Waals surface area contributed by atoms with E-state index in [0.717, 1.165) is 29.8 Å². The standard InChI is InChI=1S/C22H29N3O4/c1-22(2,3)16-11-9-14(10-12-16)17(13-20(27)28)23-18(26)5-4-6-19-24-21(25-29-19)15-7-8-15/h9-12,15,17H,4-8,13H2,1-3H3,(H,23,26)(H,27,28). The normalized spacial score (nSPS) is 15.1. The van der Waals surface area contributed by atoms with Crippen LogP contribution in [0.25, 0.3) is 0 Å². The highest BCUT2D eigenvalue weighted by molar-refractivity contribution is 5.77. The smallest absolute Gasteiger partial charge is 0.305 e. The van der Waals surface area contributed by atoms with E-state index in [1.54, 1.807) is 0 Å². The SMILES string of the molecule is CC(C)(C)c1ccc(C(CC(=O)O)NC(=O)CCCc2nc(C3CC3)no2)cc1. The highest BCUT2D eigenvalue weighted by Crippen LogP contribution is 2.38. The third-order valence-corrected chi connectivity index (χ3v) is 5.11. The van der Waals surface area contributed by atoms with Gasteiger partial charge in [0, 0.05) is 18.8 Å². The van der Waals surface area contributed by atoms with E-state index in [9.17, 15) is 14.7 Å². The second kappa shape index (κ2) is 8.76. The number of amides is 1. The molecule has 1 aromatic heterocycles. The van der Waals surface area contributed by atoms with Crippen molar-refractivity contribution in [2.24, 2.45) is 0 Å². The Hall–Kier alpha value is -2.70. The minimum absolute atomic E-state index is 0.0121. The van der Waals surface area contributed by atoms with Crippen molar-refractivity contribution in [2.75, 3.05) is 0 Å². The zero-order valence-corrected chi connectivity index (χ0v) is 17.3. The van der Waals surface area contributed by atoms with Gasteiger partial charge < -0.3 is 14.9 Å². The van der Waals surface area contributed by atoms with Gasteiger partial charge in [0.25, 0.3) is 0 Å². The number of aryl methyl sites for hydroxylation is 1. The molecule has 7 nitrogen and oxygen atoms in total. The van der Waals surface area contributed by atoms with Gasteiger partial charge in [-0.3, -0.25) is 9.59 Å². The summed E-state index contributed by atoms with van der Waals surface area (Å²) in [6.45, 7) is 6.36. The lowest BCUT2D eigenvalue weighted by Gasteiger charge is -2.22. The van der Waals surface area contributed by atoms with Crippen molar-refractivity contribution in [3.63, 3.8) is 0 Å². The zero-order chi connectivity index (χ0) is 21.0. The quantitative estimate of drug-likeness (QED) is 0.662. The van der Waals surface area contributed by atoms with Crippen molar-refractivity contribution in [3.8, 4) is 0 Å². The number of carboxylic acids is 1. The van der Waals surface area contributed by atoms with E-state index >= 15 is 0 Å². The highest BCUT2D eigenvalue weighted by atomic mass is 16.5. The second-order valence-corrected chi connectivity index (χ2v) is 8.76. The van der Waals surface area contributed by atoms with Crippen molar-refractivity contribution in [1.82, 2.24) is 15.5 Å². The minimum Gasteiger partial charge on any atom is -0.481 e. The Labute approximate surface area is 170 Å². The first-order valence-electron chi connectivity index (χ1n) is 10.2. The maximum absolute atomic E-state index is 12.4. The molecule has 7 heteroatoms. The molecule has 1 unspecified atom stereocenters. The number of nitrogens with one attached hydrogen (secondary N) is 1. The molecule has 2 aromatic rings. The number of carbonyl (C=O) groups is 2. The summed E-state index contributed by atoms with van der Waals surface area (Å²) in [4.78, 5) is 28.0. The monoisotopic (exact) mass is 399 g/mol. The van der Waals surface area contributed by atoms with E-state index in [2.05, 4.69) is 36.2 Å². The van der Waals surface area contributed by atoms with Crippen molar-refractivity contribution >= 4 is 11.9 Å². The molecule has 1 saturated carbocycles. The Bertz CT molecular complexity index is 848. The summed E-state index contributed by atoms with van der Waals surface area (Å²) < 4.78 is 5.22. The van der Waals surface area contributed by atoms with E-state index < -0.39 is 12.0 Å². The van der Waals surface area contributed by atoms with E-state index in [1.165, 1.54) is 0 Å². The van der Waals surface area contributed by atoms with Crippen LogP contribution in [0.4, 0.5) is 0 Å². The first kappa shape index (κ1) is 21.0. The van der Waals surface area contributed by atoms with Crippen LogP contribution in [0.3, 0.4) is 0 Å². The average Bonchev–Trinajstić information content (AvgIpc) is 3.39. The molecule has 0 spiro atoms. The Morgan fingerprint density at radius 1 is 1.24 bits per heavy atom. The molecular formula is C22H29N3O4. The molecule has 0 radical (unpaired) electrons. The summed E-state index contributed by atoms with van der Waals surface area (Å²) in [6.07, 6.45) is 3.45. The Morgan fingerprint density at radius 2 is 1.93 bits per heavy atom. The molecule has 0 aliphatic heterocycles. The maximum atomic E-state index is 12.4. The number of carboxylic acid groups (broad SMARTS) is 1.